The van der Waals surface area contributed by atoms with Crippen molar-refractivity contribution in [3.8, 4) is 5.75 Å². The summed E-state index contributed by atoms with van der Waals surface area (Å²) in [6, 6.07) is 5.44. The summed E-state index contributed by atoms with van der Waals surface area (Å²) in [5, 5.41) is 2.72. The first-order valence-electron chi connectivity index (χ1n) is 7.17. The lowest BCUT2D eigenvalue weighted by molar-refractivity contribution is -0.111. The molecule has 1 aromatic carbocycles. The third-order valence-electron chi connectivity index (χ3n) is 4.19. The van der Waals surface area contributed by atoms with Gasteiger partial charge in [-0.15, -0.1) is 0 Å². The molecule has 0 radical (unpaired) electrons. The minimum atomic E-state index is -0.490. The number of ether oxygens (including phenoxy) is 1. The van der Waals surface area contributed by atoms with Crippen molar-refractivity contribution in [3.05, 3.63) is 30.9 Å². The van der Waals surface area contributed by atoms with E-state index >= 15 is 0 Å². The Balaban J connectivity index is 2.32. The standard InChI is InChI=1S/C16H22BNO4/c1-7-14(19)18-12-10-11(8-9-13(12)20-6)17-21-15(2,3)16(4,5)22-17/h7-10H,1H2,2-6H3,(H,18,19). The number of hydrogen-bond acceptors (Lipinski definition) is 4. The molecule has 1 amide bonds. The first-order chi connectivity index (χ1) is 10.2. The maximum atomic E-state index is 11.5. The van der Waals surface area contributed by atoms with Crippen LogP contribution < -0.4 is 15.5 Å². The number of methoxy groups -OCH3 is 1. The van der Waals surface area contributed by atoms with Gasteiger partial charge in [0, 0.05) is 0 Å². The zero-order valence-corrected chi connectivity index (χ0v) is 13.7. The summed E-state index contributed by atoms with van der Waals surface area (Å²) in [6.45, 7) is 11.4. The molecule has 22 heavy (non-hydrogen) atoms. The van der Waals surface area contributed by atoms with Crippen LogP contribution in [-0.2, 0) is 14.1 Å². The summed E-state index contributed by atoms with van der Waals surface area (Å²) in [4.78, 5) is 11.5. The van der Waals surface area contributed by atoms with Gasteiger partial charge >= 0.3 is 7.12 Å². The summed E-state index contributed by atoms with van der Waals surface area (Å²) >= 11 is 0. The van der Waals surface area contributed by atoms with E-state index in [-0.39, 0.29) is 5.91 Å². The zero-order chi connectivity index (χ0) is 16.5. The lowest BCUT2D eigenvalue weighted by Crippen LogP contribution is -2.41. The molecule has 2 rings (SSSR count). The van der Waals surface area contributed by atoms with Crippen LogP contribution in [0, 0.1) is 0 Å². The van der Waals surface area contributed by atoms with Crippen LogP contribution in [0.1, 0.15) is 27.7 Å². The number of rotatable bonds is 4. The van der Waals surface area contributed by atoms with Crippen LogP contribution in [0.3, 0.4) is 0 Å². The maximum absolute atomic E-state index is 11.5. The molecule has 0 saturated carbocycles. The Morgan fingerprint density at radius 3 is 2.36 bits per heavy atom. The summed E-state index contributed by atoms with van der Waals surface area (Å²) in [6.07, 6.45) is 1.21. The van der Waals surface area contributed by atoms with Gasteiger partial charge in [0.05, 0.1) is 24.0 Å². The summed E-state index contributed by atoms with van der Waals surface area (Å²) in [5.41, 5.74) is 0.544. The summed E-state index contributed by atoms with van der Waals surface area (Å²) in [5.74, 6) is 0.264. The molecule has 1 saturated heterocycles. The Labute approximate surface area is 131 Å². The van der Waals surface area contributed by atoms with Crippen molar-refractivity contribution in [3.63, 3.8) is 0 Å². The molecule has 118 valence electrons. The lowest BCUT2D eigenvalue weighted by atomic mass is 9.79. The SMILES string of the molecule is C=CC(=O)Nc1cc(B2OC(C)(C)C(C)(C)O2)ccc1OC. The number of amides is 1. The van der Waals surface area contributed by atoms with Crippen LogP contribution in [0.4, 0.5) is 5.69 Å². The molecule has 6 heteroatoms. The van der Waals surface area contributed by atoms with Crippen molar-refractivity contribution >= 4 is 24.2 Å². The quantitative estimate of drug-likeness (QED) is 0.684. The van der Waals surface area contributed by atoms with Crippen molar-refractivity contribution in [1.29, 1.82) is 0 Å². The molecule has 0 aromatic heterocycles. The molecule has 0 atom stereocenters. The van der Waals surface area contributed by atoms with Gasteiger partial charge < -0.3 is 19.4 Å². The van der Waals surface area contributed by atoms with Crippen molar-refractivity contribution in [2.45, 2.75) is 38.9 Å². The fourth-order valence-electron chi connectivity index (χ4n) is 2.13. The van der Waals surface area contributed by atoms with Crippen molar-refractivity contribution < 1.29 is 18.8 Å². The number of anilines is 1. The second kappa shape index (κ2) is 5.78. The molecule has 0 aliphatic carbocycles. The Kier molecular flexibility index (Phi) is 4.36. The average Bonchev–Trinajstić information content (AvgIpc) is 2.67. The van der Waals surface area contributed by atoms with E-state index in [1.54, 1.807) is 19.2 Å². The predicted octanol–water partition coefficient (Wildman–Crippen LogP) is 2.12. The monoisotopic (exact) mass is 303 g/mol. The summed E-state index contributed by atoms with van der Waals surface area (Å²) in [7, 11) is 1.06. The van der Waals surface area contributed by atoms with Gasteiger partial charge in [-0.1, -0.05) is 12.6 Å². The van der Waals surface area contributed by atoms with Gasteiger partial charge in [-0.3, -0.25) is 4.79 Å². The highest BCUT2D eigenvalue weighted by atomic mass is 16.7. The Morgan fingerprint density at radius 1 is 1.27 bits per heavy atom. The molecule has 1 aliphatic rings. The van der Waals surface area contributed by atoms with E-state index in [2.05, 4.69) is 11.9 Å². The Bertz CT molecular complexity index is 582. The molecule has 0 bridgehead atoms. The number of nitrogens with one attached hydrogen (secondary N) is 1. The van der Waals surface area contributed by atoms with E-state index in [9.17, 15) is 4.79 Å². The Morgan fingerprint density at radius 2 is 1.86 bits per heavy atom. The number of hydrogen-bond donors (Lipinski definition) is 1. The first-order valence-corrected chi connectivity index (χ1v) is 7.17. The zero-order valence-electron chi connectivity index (χ0n) is 13.7. The molecular formula is C16H22BNO4. The highest BCUT2D eigenvalue weighted by Gasteiger charge is 2.51. The van der Waals surface area contributed by atoms with Crippen LogP contribution in [-0.4, -0.2) is 31.3 Å². The van der Waals surface area contributed by atoms with E-state index in [4.69, 9.17) is 14.0 Å². The molecule has 0 spiro atoms. The van der Waals surface area contributed by atoms with Crippen molar-refractivity contribution in [2.75, 3.05) is 12.4 Å². The molecular weight excluding hydrogens is 281 g/mol. The van der Waals surface area contributed by atoms with Gasteiger partial charge in [-0.2, -0.15) is 0 Å². The van der Waals surface area contributed by atoms with Crippen LogP contribution in [0.2, 0.25) is 0 Å². The molecule has 1 N–H and O–H groups in total. The Hall–Kier alpha value is -1.79. The van der Waals surface area contributed by atoms with Gasteiger partial charge in [0.1, 0.15) is 5.75 Å². The van der Waals surface area contributed by atoms with Crippen LogP contribution >= 0.6 is 0 Å². The highest BCUT2D eigenvalue weighted by molar-refractivity contribution is 6.62. The molecule has 5 nitrogen and oxygen atoms in total. The number of benzene rings is 1. The topological polar surface area (TPSA) is 56.8 Å². The van der Waals surface area contributed by atoms with Crippen molar-refractivity contribution in [2.24, 2.45) is 0 Å². The largest absolute Gasteiger partial charge is 0.495 e. The van der Waals surface area contributed by atoms with E-state index < -0.39 is 18.3 Å². The van der Waals surface area contributed by atoms with E-state index in [0.717, 1.165) is 5.46 Å². The fourth-order valence-corrected chi connectivity index (χ4v) is 2.13. The predicted molar refractivity (Wildman–Crippen MR) is 87.5 cm³/mol. The molecule has 1 fully saturated rings. The van der Waals surface area contributed by atoms with Crippen LogP contribution in [0.15, 0.2) is 30.9 Å². The minimum absolute atomic E-state index is 0.302. The van der Waals surface area contributed by atoms with E-state index in [1.807, 2.05) is 33.8 Å². The second-order valence-corrected chi connectivity index (χ2v) is 6.24. The van der Waals surface area contributed by atoms with Crippen LogP contribution in [0.5, 0.6) is 5.75 Å². The van der Waals surface area contributed by atoms with Crippen molar-refractivity contribution in [1.82, 2.24) is 0 Å². The van der Waals surface area contributed by atoms with E-state index in [0.29, 0.717) is 11.4 Å². The van der Waals surface area contributed by atoms with Crippen LogP contribution in [0.25, 0.3) is 0 Å². The highest BCUT2D eigenvalue weighted by Crippen LogP contribution is 2.37. The third-order valence-corrected chi connectivity index (χ3v) is 4.19. The molecule has 0 unspecified atom stereocenters. The van der Waals surface area contributed by atoms with Gasteiger partial charge in [0.2, 0.25) is 5.91 Å². The van der Waals surface area contributed by atoms with Gasteiger partial charge in [0.15, 0.2) is 0 Å². The minimum Gasteiger partial charge on any atom is -0.495 e. The van der Waals surface area contributed by atoms with Gasteiger partial charge in [-0.05, 0) is 51.4 Å². The van der Waals surface area contributed by atoms with E-state index in [1.165, 1.54) is 6.08 Å². The normalized spacial score (nSPS) is 18.9. The number of carbonyl (C=O) groups excluding carboxylic acids is 1. The average molecular weight is 303 g/mol. The molecule has 1 aromatic rings. The van der Waals surface area contributed by atoms with Gasteiger partial charge in [0.25, 0.3) is 0 Å². The third kappa shape index (κ3) is 3.03. The second-order valence-electron chi connectivity index (χ2n) is 6.24. The maximum Gasteiger partial charge on any atom is 0.494 e. The number of carbonyl (C=O) groups is 1. The van der Waals surface area contributed by atoms with Gasteiger partial charge in [-0.25, -0.2) is 0 Å². The lowest BCUT2D eigenvalue weighted by Gasteiger charge is -2.32. The molecule has 1 heterocycles. The summed E-state index contributed by atoms with van der Waals surface area (Å²) < 4.78 is 17.3. The fraction of sp³-hybridized carbons (Fsp3) is 0.438. The first kappa shape index (κ1) is 16.6. The molecule has 1 aliphatic heterocycles. The smallest absolute Gasteiger partial charge is 0.494 e.